The quantitative estimate of drug-likeness (QED) is 0.303. The van der Waals surface area contributed by atoms with Crippen molar-refractivity contribution in [2.24, 2.45) is 17.8 Å². The van der Waals surface area contributed by atoms with Crippen LogP contribution in [-0.4, -0.2) is 64.7 Å². The molecule has 0 radical (unpaired) electrons. The minimum Gasteiger partial charge on any atom is -0.394 e. The standard InChI is InChI=1S/C36H42N4O5/c1-5-39(6-2)27-19-17-26(18-20-27)38-33(43)31-36-21-23(3)35(4,45-36)29(32(42)37-25-15-11-8-12-16-25)30(36)34(44)40(31)28(22-41)24-13-9-7-10-14-24/h7-20,23,28-31,41H,5-6,21-22H2,1-4H3,(H,37,42)(H,38,43)/t23?,28-,29+,30+,31?,35-,36?/m1/s1. The lowest BCUT2D eigenvalue weighted by molar-refractivity contribution is -0.148. The van der Waals surface area contributed by atoms with Gasteiger partial charge >= 0.3 is 0 Å². The summed E-state index contributed by atoms with van der Waals surface area (Å²) in [6, 6.07) is 24.1. The fourth-order valence-corrected chi connectivity index (χ4v) is 8.04. The minimum atomic E-state index is -1.25. The van der Waals surface area contributed by atoms with Gasteiger partial charge in [0, 0.05) is 30.2 Å². The number of nitrogens with zero attached hydrogens (tertiary/aromatic N) is 2. The SMILES string of the molecule is CCN(CC)c1ccc(NC(=O)C2N([C@H](CO)c3ccccc3)C(=O)[C@@H]3[C@@H](C(=O)Nc4ccccc4)[C@]4(C)OC23CC4C)cc1. The van der Waals surface area contributed by atoms with Crippen LogP contribution >= 0.6 is 0 Å². The predicted octanol–water partition coefficient (Wildman–Crippen LogP) is 4.85. The molecule has 3 aromatic rings. The summed E-state index contributed by atoms with van der Waals surface area (Å²) in [5, 5.41) is 16.8. The van der Waals surface area contributed by atoms with Gasteiger partial charge in [-0.05, 0) is 75.1 Å². The fourth-order valence-electron chi connectivity index (χ4n) is 8.04. The molecule has 0 aromatic heterocycles. The van der Waals surface area contributed by atoms with Gasteiger partial charge in [-0.15, -0.1) is 0 Å². The first-order chi connectivity index (χ1) is 21.7. The van der Waals surface area contributed by atoms with Gasteiger partial charge in [0.05, 0.1) is 30.1 Å². The van der Waals surface area contributed by atoms with E-state index in [1.54, 1.807) is 12.1 Å². The molecular weight excluding hydrogens is 568 g/mol. The van der Waals surface area contributed by atoms with Gasteiger partial charge < -0.3 is 30.3 Å². The molecule has 236 valence electrons. The average molecular weight is 611 g/mol. The van der Waals surface area contributed by atoms with Crippen molar-refractivity contribution in [1.29, 1.82) is 0 Å². The van der Waals surface area contributed by atoms with E-state index in [1.807, 2.05) is 86.6 Å². The van der Waals surface area contributed by atoms with Crippen LogP contribution in [0.5, 0.6) is 0 Å². The third kappa shape index (κ3) is 4.98. The molecule has 9 nitrogen and oxygen atoms in total. The number of likely N-dealkylation sites (tertiary alicyclic amines) is 1. The Bertz CT molecular complexity index is 1550. The number of carbonyl (C=O) groups excluding carboxylic acids is 3. The lowest BCUT2D eigenvalue weighted by atomic mass is 9.62. The van der Waals surface area contributed by atoms with Crippen LogP contribution in [-0.2, 0) is 19.1 Å². The number of rotatable bonds is 10. The number of hydrogen-bond donors (Lipinski definition) is 3. The van der Waals surface area contributed by atoms with Gasteiger partial charge in [0.1, 0.15) is 11.6 Å². The van der Waals surface area contributed by atoms with Crippen molar-refractivity contribution in [3.63, 3.8) is 0 Å². The first-order valence-corrected chi connectivity index (χ1v) is 15.9. The molecule has 3 aromatic carbocycles. The van der Waals surface area contributed by atoms with Crippen LogP contribution in [0.2, 0.25) is 0 Å². The lowest BCUT2D eigenvalue weighted by Crippen LogP contribution is -2.54. The number of aliphatic hydroxyl groups is 1. The fraction of sp³-hybridized carbons (Fsp3) is 0.417. The van der Waals surface area contributed by atoms with Crippen molar-refractivity contribution < 1.29 is 24.2 Å². The molecule has 3 fully saturated rings. The summed E-state index contributed by atoms with van der Waals surface area (Å²) in [6.45, 7) is 9.42. The summed E-state index contributed by atoms with van der Waals surface area (Å²) in [5.74, 6) is -2.93. The molecule has 45 heavy (non-hydrogen) atoms. The number of hydrogen-bond acceptors (Lipinski definition) is 6. The van der Waals surface area contributed by atoms with E-state index >= 15 is 0 Å². The van der Waals surface area contributed by atoms with Crippen LogP contribution in [0.3, 0.4) is 0 Å². The van der Waals surface area contributed by atoms with Crippen LogP contribution in [0.4, 0.5) is 17.1 Å². The molecule has 1 spiro atoms. The summed E-state index contributed by atoms with van der Waals surface area (Å²) >= 11 is 0. The van der Waals surface area contributed by atoms with Crippen molar-refractivity contribution >= 4 is 34.8 Å². The van der Waals surface area contributed by atoms with Crippen molar-refractivity contribution in [2.45, 2.75) is 57.4 Å². The highest BCUT2D eigenvalue weighted by molar-refractivity contribution is 6.05. The molecule has 3 amide bonds. The number of carbonyl (C=O) groups is 3. The van der Waals surface area contributed by atoms with Gasteiger partial charge in [-0.1, -0.05) is 55.5 Å². The minimum absolute atomic E-state index is 0.110. The number of aliphatic hydroxyl groups excluding tert-OH is 1. The van der Waals surface area contributed by atoms with Gasteiger partial charge in [-0.2, -0.15) is 0 Å². The molecule has 0 saturated carbocycles. The molecule has 9 heteroatoms. The van der Waals surface area contributed by atoms with Crippen LogP contribution in [0, 0.1) is 17.8 Å². The predicted molar refractivity (Wildman–Crippen MR) is 174 cm³/mol. The summed E-state index contributed by atoms with van der Waals surface area (Å²) in [5.41, 5.74) is 0.746. The number of ether oxygens (including phenoxy) is 1. The van der Waals surface area contributed by atoms with Crippen LogP contribution in [0.25, 0.3) is 0 Å². The monoisotopic (exact) mass is 610 g/mol. The van der Waals surface area contributed by atoms with Gasteiger partial charge in [-0.25, -0.2) is 0 Å². The van der Waals surface area contributed by atoms with Gasteiger partial charge in [-0.3, -0.25) is 14.4 Å². The molecule has 3 N–H and O–H groups in total. The maximum absolute atomic E-state index is 14.7. The number of para-hydroxylation sites is 1. The van der Waals surface area contributed by atoms with E-state index in [9.17, 15) is 19.5 Å². The zero-order valence-corrected chi connectivity index (χ0v) is 26.3. The second kappa shape index (κ2) is 11.9. The molecule has 3 aliphatic rings. The summed E-state index contributed by atoms with van der Waals surface area (Å²) < 4.78 is 6.86. The Morgan fingerprint density at radius 1 is 0.933 bits per heavy atom. The third-order valence-electron chi connectivity index (χ3n) is 10.3. The number of nitrogens with one attached hydrogen (secondary N) is 2. The van der Waals surface area contributed by atoms with Gasteiger partial charge in [0.15, 0.2) is 0 Å². The Kier molecular flexibility index (Phi) is 8.18. The van der Waals surface area contributed by atoms with Crippen LogP contribution in [0.1, 0.15) is 45.7 Å². The van der Waals surface area contributed by atoms with Crippen molar-refractivity contribution in [3.8, 4) is 0 Å². The second-order valence-electron chi connectivity index (χ2n) is 12.6. The van der Waals surface area contributed by atoms with Gasteiger partial charge in [0.2, 0.25) is 17.7 Å². The highest BCUT2D eigenvalue weighted by atomic mass is 16.5. The van der Waals surface area contributed by atoms with E-state index in [0.717, 1.165) is 18.8 Å². The van der Waals surface area contributed by atoms with Crippen molar-refractivity contribution in [3.05, 3.63) is 90.5 Å². The highest BCUT2D eigenvalue weighted by Gasteiger charge is 2.80. The van der Waals surface area contributed by atoms with Crippen LogP contribution in [0.15, 0.2) is 84.9 Å². The van der Waals surface area contributed by atoms with Crippen LogP contribution < -0.4 is 15.5 Å². The van der Waals surface area contributed by atoms with Crippen molar-refractivity contribution in [2.75, 3.05) is 35.2 Å². The summed E-state index contributed by atoms with van der Waals surface area (Å²) in [6.07, 6.45) is 0.428. The first kappa shape index (κ1) is 30.8. The van der Waals surface area contributed by atoms with E-state index < -0.39 is 47.6 Å². The molecule has 0 aliphatic carbocycles. The molecule has 2 bridgehead atoms. The Balaban J connectivity index is 1.40. The Morgan fingerprint density at radius 3 is 2.11 bits per heavy atom. The Morgan fingerprint density at radius 2 is 1.51 bits per heavy atom. The molecular formula is C36H42N4O5. The lowest BCUT2D eigenvalue weighted by Gasteiger charge is -2.37. The average Bonchev–Trinajstić information content (AvgIpc) is 3.56. The number of amides is 3. The van der Waals surface area contributed by atoms with E-state index in [-0.39, 0.29) is 17.7 Å². The van der Waals surface area contributed by atoms with E-state index in [1.165, 1.54) is 4.90 Å². The number of benzene rings is 3. The van der Waals surface area contributed by atoms with Crippen molar-refractivity contribution in [1.82, 2.24) is 4.90 Å². The molecule has 3 heterocycles. The van der Waals surface area contributed by atoms with E-state index in [0.29, 0.717) is 23.4 Å². The molecule has 6 rings (SSSR count). The zero-order chi connectivity index (χ0) is 31.9. The third-order valence-corrected chi connectivity index (χ3v) is 10.3. The number of anilines is 3. The highest BCUT2D eigenvalue weighted by Crippen LogP contribution is 2.66. The molecule has 3 saturated heterocycles. The second-order valence-corrected chi connectivity index (χ2v) is 12.6. The number of fused-ring (bicyclic) bond motifs is 1. The normalized spacial score (nSPS) is 28.9. The summed E-state index contributed by atoms with van der Waals surface area (Å²) in [7, 11) is 0. The Labute approximate surface area is 264 Å². The Hall–Kier alpha value is -4.21. The largest absolute Gasteiger partial charge is 0.394 e. The van der Waals surface area contributed by atoms with Gasteiger partial charge in [0.25, 0.3) is 0 Å². The molecule has 3 aliphatic heterocycles. The molecule has 3 unspecified atom stereocenters. The van der Waals surface area contributed by atoms with E-state index in [4.69, 9.17) is 4.74 Å². The maximum atomic E-state index is 14.7. The topological polar surface area (TPSA) is 111 Å². The van der Waals surface area contributed by atoms with E-state index in [2.05, 4.69) is 29.4 Å². The smallest absolute Gasteiger partial charge is 0.250 e. The zero-order valence-electron chi connectivity index (χ0n) is 26.3. The summed E-state index contributed by atoms with van der Waals surface area (Å²) in [4.78, 5) is 46.9. The molecule has 7 atom stereocenters. The maximum Gasteiger partial charge on any atom is 0.250 e. The first-order valence-electron chi connectivity index (χ1n) is 15.9.